The lowest BCUT2D eigenvalue weighted by Crippen LogP contribution is -2.61. The summed E-state index contributed by atoms with van der Waals surface area (Å²) in [6.45, 7) is 0.763. The number of fused-ring (bicyclic) bond motifs is 1. The summed E-state index contributed by atoms with van der Waals surface area (Å²) in [5, 5.41) is 0.657. The third-order valence-electron chi connectivity index (χ3n) is 5.67. The smallest absolute Gasteiger partial charge is 0.316 e. The molecule has 0 bridgehead atoms. The maximum Gasteiger partial charge on any atom is 0.327 e. The van der Waals surface area contributed by atoms with Crippen LogP contribution >= 0.6 is 11.6 Å². The summed E-state index contributed by atoms with van der Waals surface area (Å²) in [6.07, 6.45) is 3.83. The molecule has 1 saturated heterocycles. The molecule has 4 nitrogen and oxygen atoms in total. The standard InChI is InChI=1S/C22H23ClN2O2/c23-19-12-6-4-10-17(19)15-24-20-13-7-5-11-18(20)21(26)25(22(24)27)14-16-8-2-1-3-9-16/h1-4,6,8-10,12,18,20H,5,7,11,13-15H2. The maximum absolute atomic E-state index is 13.3. The Balaban J connectivity index is 1.64. The van der Waals surface area contributed by atoms with Gasteiger partial charge in [-0.3, -0.25) is 9.69 Å². The Hall–Kier alpha value is -2.33. The van der Waals surface area contributed by atoms with E-state index in [2.05, 4.69) is 0 Å². The highest BCUT2D eigenvalue weighted by Crippen LogP contribution is 2.36. The lowest BCUT2D eigenvalue weighted by molar-refractivity contribution is -0.141. The van der Waals surface area contributed by atoms with E-state index in [1.165, 1.54) is 4.90 Å². The first-order chi connectivity index (χ1) is 13.1. The van der Waals surface area contributed by atoms with Gasteiger partial charge in [-0.05, 0) is 30.0 Å². The Labute approximate surface area is 164 Å². The van der Waals surface area contributed by atoms with Crippen molar-refractivity contribution in [1.82, 2.24) is 9.80 Å². The van der Waals surface area contributed by atoms with Gasteiger partial charge in [0.1, 0.15) is 0 Å². The number of hydrogen-bond acceptors (Lipinski definition) is 2. The third kappa shape index (κ3) is 3.59. The lowest BCUT2D eigenvalue weighted by atomic mass is 9.81. The number of rotatable bonds is 4. The predicted octanol–water partition coefficient (Wildman–Crippen LogP) is 4.86. The molecule has 27 heavy (non-hydrogen) atoms. The van der Waals surface area contributed by atoms with Crippen LogP contribution in [0.15, 0.2) is 54.6 Å². The number of nitrogens with zero attached hydrogens (tertiary/aromatic N) is 2. The molecule has 3 amide bonds. The number of urea groups is 1. The van der Waals surface area contributed by atoms with E-state index in [9.17, 15) is 9.59 Å². The largest absolute Gasteiger partial charge is 0.327 e. The van der Waals surface area contributed by atoms with Crippen molar-refractivity contribution in [1.29, 1.82) is 0 Å². The molecule has 1 saturated carbocycles. The topological polar surface area (TPSA) is 40.6 Å². The number of amides is 3. The zero-order valence-corrected chi connectivity index (χ0v) is 15.9. The van der Waals surface area contributed by atoms with E-state index in [0.29, 0.717) is 18.1 Å². The average molecular weight is 383 g/mol. The molecule has 0 aromatic heterocycles. The highest BCUT2D eigenvalue weighted by molar-refractivity contribution is 6.31. The Morgan fingerprint density at radius 3 is 2.37 bits per heavy atom. The van der Waals surface area contributed by atoms with Crippen LogP contribution in [-0.2, 0) is 17.9 Å². The first kappa shape index (κ1) is 18.1. The molecular weight excluding hydrogens is 360 g/mol. The summed E-state index contributed by atoms with van der Waals surface area (Å²) in [4.78, 5) is 29.7. The fraction of sp³-hybridized carbons (Fsp3) is 0.364. The zero-order chi connectivity index (χ0) is 18.8. The Bertz CT molecular complexity index is 839. The van der Waals surface area contributed by atoms with Gasteiger partial charge in [0.25, 0.3) is 0 Å². The molecule has 1 heterocycles. The van der Waals surface area contributed by atoms with Gasteiger partial charge in [0, 0.05) is 17.6 Å². The third-order valence-corrected chi connectivity index (χ3v) is 6.04. The molecule has 1 aliphatic heterocycles. The molecule has 0 spiro atoms. The number of carbonyl (C=O) groups excluding carboxylic acids is 2. The van der Waals surface area contributed by atoms with Crippen molar-refractivity contribution >= 4 is 23.5 Å². The first-order valence-electron chi connectivity index (χ1n) is 9.54. The maximum atomic E-state index is 13.3. The van der Waals surface area contributed by atoms with E-state index in [0.717, 1.165) is 36.8 Å². The molecule has 2 aromatic rings. The molecular formula is C22H23ClN2O2. The molecule has 4 rings (SSSR count). The van der Waals surface area contributed by atoms with Crippen molar-refractivity contribution in [3.8, 4) is 0 Å². The molecule has 2 fully saturated rings. The SMILES string of the molecule is O=C1C2CCCCC2N(Cc2ccccc2Cl)C(=O)N1Cc1ccccc1. The number of benzene rings is 2. The van der Waals surface area contributed by atoms with Crippen molar-refractivity contribution in [2.24, 2.45) is 5.92 Å². The molecule has 2 aromatic carbocycles. The van der Waals surface area contributed by atoms with E-state index in [4.69, 9.17) is 11.6 Å². The molecule has 1 aliphatic carbocycles. The van der Waals surface area contributed by atoms with Gasteiger partial charge in [0.15, 0.2) is 0 Å². The molecule has 140 valence electrons. The van der Waals surface area contributed by atoms with Gasteiger partial charge in [-0.25, -0.2) is 4.79 Å². The highest BCUT2D eigenvalue weighted by atomic mass is 35.5. The lowest BCUT2D eigenvalue weighted by Gasteiger charge is -2.47. The summed E-state index contributed by atoms with van der Waals surface area (Å²) in [7, 11) is 0. The molecule has 5 heteroatoms. The minimum Gasteiger partial charge on any atom is -0.316 e. The van der Waals surface area contributed by atoms with Gasteiger partial charge in [0.2, 0.25) is 5.91 Å². The quantitative estimate of drug-likeness (QED) is 0.757. The first-order valence-corrected chi connectivity index (χ1v) is 9.92. The number of carbonyl (C=O) groups is 2. The van der Waals surface area contributed by atoms with Crippen molar-refractivity contribution in [2.75, 3.05) is 0 Å². The molecule has 2 atom stereocenters. The van der Waals surface area contributed by atoms with Gasteiger partial charge >= 0.3 is 6.03 Å². The summed E-state index contributed by atoms with van der Waals surface area (Å²) in [6, 6.07) is 17.1. The van der Waals surface area contributed by atoms with Crippen LogP contribution in [0.3, 0.4) is 0 Å². The van der Waals surface area contributed by atoms with Crippen LogP contribution in [0.4, 0.5) is 4.79 Å². The van der Waals surface area contributed by atoms with Gasteiger partial charge < -0.3 is 4.90 Å². The van der Waals surface area contributed by atoms with Crippen molar-refractivity contribution in [3.05, 3.63) is 70.7 Å². The van der Waals surface area contributed by atoms with Crippen LogP contribution in [0.5, 0.6) is 0 Å². The van der Waals surface area contributed by atoms with Crippen LogP contribution in [-0.4, -0.2) is 27.8 Å². The predicted molar refractivity (Wildman–Crippen MR) is 105 cm³/mol. The van der Waals surface area contributed by atoms with E-state index >= 15 is 0 Å². The van der Waals surface area contributed by atoms with E-state index in [1.807, 2.05) is 59.5 Å². The fourth-order valence-corrected chi connectivity index (χ4v) is 4.47. The van der Waals surface area contributed by atoms with E-state index in [-0.39, 0.29) is 23.9 Å². The second-order valence-corrected chi connectivity index (χ2v) is 7.78. The second-order valence-electron chi connectivity index (χ2n) is 7.37. The average Bonchev–Trinajstić information content (AvgIpc) is 2.70. The van der Waals surface area contributed by atoms with E-state index < -0.39 is 0 Å². The van der Waals surface area contributed by atoms with Crippen LogP contribution in [0, 0.1) is 5.92 Å². The highest BCUT2D eigenvalue weighted by Gasteiger charge is 2.46. The molecule has 0 radical (unpaired) electrons. The van der Waals surface area contributed by atoms with Crippen molar-refractivity contribution in [2.45, 2.75) is 44.8 Å². The van der Waals surface area contributed by atoms with Gasteiger partial charge in [-0.1, -0.05) is 73.0 Å². The Morgan fingerprint density at radius 2 is 1.59 bits per heavy atom. The summed E-state index contributed by atoms with van der Waals surface area (Å²) >= 11 is 6.34. The van der Waals surface area contributed by atoms with Crippen LogP contribution in [0.2, 0.25) is 5.02 Å². The van der Waals surface area contributed by atoms with Gasteiger partial charge in [-0.2, -0.15) is 0 Å². The molecule has 2 aliphatic rings. The van der Waals surface area contributed by atoms with Crippen molar-refractivity contribution in [3.63, 3.8) is 0 Å². The minimum atomic E-state index is -0.202. The number of halogens is 1. The Morgan fingerprint density at radius 1 is 0.889 bits per heavy atom. The van der Waals surface area contributed by atoms with Crippen LogP contribution < -0.4 is 0 Å². The monoisotopic (exact) mass is 382 g/mol. The molecule has 0 N–H and O–H groups in total. The minimum absolute atomic E-state index is 0.0241. The van der Waals surface area contributed by atoms with Gasteiger partial charge in [-0.15, -0.1) is 0 Å². The zero-order valence-electron chi connectivity index (χ0n) is 15.2. The van der Waals surface area contributed by atoms with Crippen molar-refractivity contribution < 1.29 is 9.59 Å². The summed E-state index contributed by atoms with van der Waals surface area (Å²) in [5.74, 6) is -0.133. The van der Waals surface area contributed by atoms with Gasteiger partial charge in [0.05, 0.1) is 12.5 Å². The normalized spacial score (nSPS) is 22.7. The van der Waals surface area contributed by atoms with Crippen LogP contribution in [0.25, 0.3) is 0 Å². The number of hydrogen-bond donors (Lipinski definition) is 0. The molecule has 2 unspecified atom stereocenters. The summed E-state index contributed by atoms with van der Waals surface area (Å²) in [5.41, 5.74) is 1.89. The number of imide groups is 1. The second kappa shape index (κ2) is 7.73. The van der Waals surface area contributed by atoms with E-state index in [1.54, 1.807) is 0 Å². The summed E-state index contributed by atoms with van der Waals surface area (Å²) < 4.78 is 0. The fourth-order valence-electron chi connectivity index (χ4n) is 4.27. The van der Waals surface area contributed by atoms with Crippen LogP contribution in [0.1, 0.15) is 36.8 Å². The Kier molecular flexibility index (Phi) is 5.17.